The van der Waals surface area contributed by atoms with E-state index in [0.717, 1.165) is 18.2 Å². The molecular formula is C16H21ClN4O3. The Morgan fingerprint density at radius 3 is 2.71 bits per heavy atom. The maximum atomic E-state index is 11.8. The fourth-order valence-electron chi connectivity index (χ4n) is 2.10. The molecule has 1 heterocycles. The number of nitrogens with zero attached hydrogens (tertiary/aromatic N) is 2. The van der Waals surface area contributed by atoms with Gasteiger partial charge in [0, 0.05) is 12.6 Å². The van der Waals surface area contributed by atoms with Crippen LogP contribution in [0.5, 0.6) is 5.75 Å². The van der Waals surface area contributed by atoms with Crippen LogP contribution in [0.4, 0.5) is 5.69 Å². The molecule has 7 nitrogen and oxygen atoms in total. The van der Waals surface area contributed by atoms with E-state index in [2.05, 4.69) is 20.8 Å². The third-order valence-electron chi connectivity index (χ3n) is 3.49. The summed E-state index contributed by atoms with van der Waals surface area (Å²) >= 11 is 0. The smallest absolute Gasteiger partial charge is 0.238 e. The van der Waals surface area contributed by atoms with Gasteiger partial charge in [-0.2, -0.15) is 4.98 Å². The van der Waals surface area contributed by atoms with Crippen molar-refractivity contribution < 1.29 is 14.1 Å². The molecule has 1 amide bonds. The highest BCUT2D eigenvalue weighted by molar-refractivity contribution is 5.92. The number of carbonyl (C=O) groups is 1. The molecule has 0 aliphatic heterocycles. The summed E-state index contributed by atoms with van der Waals surface area (Å²) in [4.78, 5) is 15.8. The zero-order chi connectivity index (χ0) is 16.1. The molecule has 0 saturated heterocycles. The van der Waals surface area contributed by atoms with Gasteiger partial charge >= 0.3 is 0 Å². The van der Waals surface area contributed by atoms with Gasteiger partial charge in [0.05, 0.1) is 6.54 Å². The molecule has 0 radical (unpaired) electrons. The van der Waals surface area contributed by atoms with Crippen LogP contribution in [-0.4, -0.2) is 29.1 Å². The monoisotopic (exact) mass is 352 g/mol. The van der Waals surface area contributed by atoms with Gasteiger partial charge in [-0.3, -0.25) is 4.79 Å². The van der Waals surface area contributed by atoms with Crippen LogP contribution in [0.1, 0.15) is 24.6 Å². The van der Waals surface area contributed by atoms with Gasteiger partial charge < -0.3 is 19.9 Å². The van der Waals surface area contributed by atoms with Gasteiger partial charge in [0.1, 0.15) is 5.75 Å². The molecule has 8 heteroatoms. The van der Waals surface area contributed by atoms with Gasteiger partial charge in [0.2, 0.25) is 17.6 Å². The Kier molecular flexibility index (Phi) is 6.57. The van der Waals surface area contributed by atoms with Gasteiger partial charge in [-0.15, -0.1) is 12.4 Å². The molecule has 1 aromatic carbocycles. The van der Waals surface area contributed by atoms with Crippen LogP contribution < -0.4 is 15.4 Å². The first kappa shape index (κ1) is 18.2. The molecule has 2 N–H and O–H groups in total. The van der Waals surface area contributed by atoms with E-state index < -0.39 is 0 Å². The predicted octanol–water partition coefficient (Wildman–Crippen LogP) is 2.32. The number of amides is 1. The Hall–Kier alpha value is -2.12. The summed E-state index contributed by atoms with van der Waals surface area (Å²) in [5.41, 5.74) is 0.742. The van der Waals surface area contributed by atoms with Crippen molar-refractivity contribution >= 4 is 24.0 Å². The number of ether oxygens (including phenoxy) is 1. The number of rotatable bonds is 8. The number of halogens is 1. The minimum Gasteiger partial charge on any atom is -0.485 e. The second-order valence-corrected chi connectivity index (χ2v) is 5.67. The van der Waals surface area contributed by atoms with Crippen LogP contribution in [0.3, 0.4) is 0 Å². The number of carbonyl (C=O) groups excluding carboxylic acids is 1. The molecule has 1 saturated carbocycles. The van der Waals surface area contributed by atoms with Crippen LogP contribution in [0, 0.1) is 12.8 Å². The number of hydrogen-bond donors (Lipinski definition) is 2. The van der Waals surface area contributed by atoms with Crippen LogP contribution in [0.15, 0.2) is 28.8 Å². The number of aryl methyl sites for hydroxylation is 1. The fraction of sp³-hybridized carbons (Fsp3) is 0.438. The van der Waals surface area contributed by atoms with Gasteiger partial charge in [-0.05, 0) is 49.6 Å². The molecule has 1 fully saturated rings. The third-order valence-corrected chi connectivity index (χ3v) is 3.49. The molecule has 0 spiro atoms. The zero-order valence-corrected chi connectivity index (χ0v) is 14.3. The molecule has 0 bridgehead atoms. The van der Waals surface area contributed by atoms with E-state index >= 15 is 0 Å². The SMILES string of the molecule is Cc1nc(COc2ccc(NC(=O)CNCC3CC3)cc2)no1.Cl. The maximum absolute atomic E-state index is 11.8. The molecule has 1 aliphatic rings. The highest BCUT2D eigenvalue weighted by Gasteiger charge is 2.20. The molecule has 0 atom stereocenters. The van der Waals surface area contributed by atoms with Crippen molar-refractivity contribution in [3.63, 3.8) is 0 Å². The van der Waals surface area contributed by atoms with Crippen molar-refractivity contribution in [2.75, 3.05) is 18.4 Å². The standard InChI is InChI=1S/C16H20N4O3.ClH/c1-11-18-15(20-23-11)10-22-14-6-4-13(5-7-14)19-16(21)9-17-8-12-2-3-12;/h4-7,12,17H,2-3,8-10H2,1H3,(H,19,21);1H. The van der Waals surface area contributed by atoms with Gasteiger partial charge in [0.25, 0.3) is 0 Å². The molecular weight excluding hydrogens is 332 g/mol. The van der Waals surface area contributed by atoms with E-state index in [1.54, 1.807) is 31.2 Å². The summed E-state index contributed by atoms with van der Waals surface area (Å²) in [5.74, 6) is 2.42. The van der Waals surface area contributed by atoms with E-state index in [0.29, 0.717) is 24.0 Å². The fourth-order valence-corrected chi connectivity index (χ4v) is 2.10. The summed E-state index contributed by atoms with van der Waals surface area (Å²) in [6.45, 7) is 3.24. The third kappa shape index (κ3) is 5.82. The highest BCUT2D eigenvalue weighted by Crippen LogP contribution is 2.27. The maximum Gasteiger partial charge on any atom is 0.238 e. The molecule has 0 unspecified atom stereocenters. The quantitative estimate of drug-likeness (QED) is 0.757. The number of nitrogens with one attached hydrogen (secondary N) is 2. The highest BCUT2D eigenvalue weighted by atomic mass is 35.5. The molecule has 1 aliphatic carbocycles. The van der Waals surface area contributed by atoms with Crippen molar-refractivity contribution in [1.29, 1.82) is 0 Å². The lowest BCUT2D eigenvalue weighted by atomic mass is 10.3. The average Bonchev–Trinajstić information content (AvgIpc) is 3.27. The zero-order valence-electron chi connectivity index (χ0n) is 13.4. The Labute approximate surface area is 146 Å². The van der Waals surface area contributed by atoms with Crippen molar-refractivity contribution in [1.82, 2.24) is 15.5 Å². The Bertz CT molecular complexity index is 656. The van der Waals surface area contributed by atoms with E-state index in [1.165, 1.54) is 12.8 Å². The second-order valence-electron chi connectivity index (χ2n) is 5.67. The van der Waals surface area contributed by atoms with Crippen molar-refractivity contribution in [2.45, 2.75) is 26.4 Å². The van der Waals surface area contributed by atoms with Crippen LogP contribution >= 0.6 is 12.4 Å². The number of aromatic nitrogens is 2. The lowest BCUT2D eigenvalue weighted by Gasteiger charge is -2.08. The molecule has 24 heavy (non-hydrogen) atoms. The largest absolute Gasteiger partial charge is 0.485 e. The lowest BCUT2D eigenvalue weighted by Crippen LogP contribution is -2.29. The molecule has 2 aromatic rings. The van der Waals surface area contributed by atoms with Crippen LogP contribution in [0.25, 0.3) is 0 Å². The van der Waals surface area contributed by atoms with Crippen molar-refractivity contribution in [3.8, 4) is 5.75 Å². The first-order valence-electron chi connectivity index (χ1n) is 7.71. The molecule has 3 rings (SSSR count). The van der Waals surface area contributed by atoms with Gasteiger partial charge in [0.15, 0.2) is 6.61 Å². The lowest BCUT2D eigenvalue weighted by molar-refractivity contribution is -0.115. The minimum absolute atomic E-state index is 0. The summed E-state index contributed by atoms with van der Waals surface area (Å²) < 4.78 is 10.4. The predicted molar refractivity (Wildman–Crippen MR) is 91.3 cm³/mol. The first-order chi connectivity index (χ1) is 11.2. The van der Waals surface area contributed by atoms with Crippen LogP contribution in [-0.2, 0) is 11.4 Å². The second kappa shape index (κ2) is 8.65. The van der Waals surface area contributed by atoms with Crippen LogP contribution in [0.2, 0.25) is 0 Å². The van der Waals surface area contributed by atoms with Gasteiger partial charge in [-0.25, -0.2) is 0 Å². The molecule has 1 aromatic heterocycles. The van der Waals surface area contributed by atoms with Crippen molar-refractivity contribution in [3.05, 3.63) is 36.0 Å². The summed E-state index contributed by atoms with van der Waals surface area (Å²) in [7, 11) is 0. The summed E-state index contributed by atoms with van der Waals surface area (Å²) in [6.07, 6.45) is 2.55. The number of anilines is 1. The van der Waals surface area contributed by atoms with E-state index in [-0.39, 0.29) is 24.9 Å². The van der Waals surface area contributed by atoms with E-state index in [4.69, 9.17) is 9.26 Å². The Morgan fingerprint density at radius 2 is 2.08 bits per heavy atom. The Morgan fingerprint density at radius 1 is 1.33 bits per heavy atom. The van der Waals surface area contributed by atoms with E-state index in [1.807, 2.05) is 0 Å². The normalized spacial score (nSPS) is 13.2. The van der Waals surface area contributed by atoms with Gasteiger partial charge in [-0.1, -0.05) is 5.16 Å². The van der Waals surface area contributed by atoms with Crippen molar-refractivity contribution in [2.24, 2.45) is 5.92 Å². The number of benzene rings is 1. The minimum atomic E-state index is -0.0402. The average molecular weight is 353 g/mol. The first-order valence-corrected chi connectivity index (χ1v) is 7.71. The molecule has 130 valence electrons. The summed E-state index contributed by atoms with van der Waals surface area (Å²) in [5, 5.41) is 9.76. The summed E-state index contributed by atoms with van der Waals surface area (Å²) in [6, 6.07) is 7.19. The Balaban J connectivity index is 0.00000208. The number of hydrogen-bond acceptors (Lipinski definition) is 6. The topological polar surface area (TPSA) is 89.3 Å². The van der Waals surface area contributed by atoms with E-state index in [9.17, 15) is 4.79 Å².